The number of carbonyl (C=O) groups is 1. The second-order valence-electron chi connectivity index (χ2n) is 10.5. The van der Waals surface area contributed by atoms with Crippen LogP contribution in [0.3, 0.4) is 0 Å². The predicted octanol–water partition coefficient (Wildman–Crippen LogP) is 5.70. The SMILES string of the molecule is CCN1CCN(c2cccc3c(O)n([C@H](CCCNC(=O)Nc4ccccc4)c4ccc(OC)c(OC)c4)cc23)CC1. The molecule has 2 heterocycles. The Bertz CT molecular complexity index is 1480. The molecule has 42 heavy (non-hydrogen) atoms. The van der Waals surface area contributed by atoms with Crippen LogP contribution in [0.4, 0.5) is 16.2 Å². The zero-order chi connectivity index (χ0) is 29.5. The summed E-state index contributed by atoms with van der Waals surface area (Å²) in [5.74, 6) is 1.51. The van der Waals surface area contributed by atoms with Crippen LogP contribution in [0, 0.1) is 0 Å². The Labute approximate surface area is 247 Å². The number of hydrogen-bond acceptors (Lipinski definition) is 6. The minimum absolute atomic E-state index is 0.194. The van der Waals surface area contributed by atoms with Gasteiger partial charge in [-0.05, 0) is 61.3 Å². The Morgan fingerprint density at radius 2 is 1.69 bits per heavy atom. The first-order valence-electron chi connectivity index (χ1n) is 14.6. The number of fused-ring (bicyclic) bond motifs is 1. The third-order valence-corrected chi connectivity index (χ3v) is 8.10. The van der Waals surface area contributed by atoms with E-state index in [0.29, 0.717) is 30.9 Å². The van der Waals surface area contributed by atoms with E-state index in [1.54, 1.807) is 14.2 Å². The van der Waals surface area contributed by atoms with Crippen molar-refractivity contribution in [2.45, 2.75) is 25.8 Å². The van der Waals surface area contributed by atoms with Crippen molar-refractivity contribution in [3.8, 4) is 17.4 Å². The maximum Gasteiger partial charge on any atom is 0.319 e. The number of likely N-dealkylation sites (N-methyl/N-ethyl adjacent to an activating group) is 1. The number of hydrogen-bond donors (Lipinski definition) is 3. The van der Waals surface area contributed by atoms with Crippen molar-refractivity contribution < 1.29 is 19.4 Å². The Morgan fingerprint density at radius 3 is 2.40 bits per heavy atom. The van der Waals surface area contributed by atoms with Gasteiger partial charge in [-0.25, -0.2) is 4.79 Å². The molecular formula is C33H41N5O4. The van der Waals surface area contributed by atoms with Gasteiger partial charge in [0.05, 0.1) is 20.3 Å². The number of piperazine rings is 1. The molecule has 9 nitrogen and oxygen atoms in total. The maximum atomic E-state index is 12.4. The van der Waals surface area contributed by atoms with Gasteiger partial charge >= 0.3 is 6.03 Å². The molecule has 9 heteroatoms. The number of para-hydroxylation sites is 1. The van der Waals surface area contributed by atoms with Crippen molar-refractivity contribution in [2.75, 3.05) is 63.7 Å². The second kappa shape index (κ2) is 13.5. The van der Waals surface area contributed by atoms with Crippen molar-refractivity contribution in [3.05, 3.63) is 78.5 Å². The molecular weight excluding hydrogens is 530 g/mol. The summed E-state index contributed by atoms with van der Waals surface area (Å²) in [5, 5.41) is 19.2. The largest absolute Gasteiger partial charge is 0.494 e. The first-order chi connectivity index (χ1) is 20.5. The highest BCUT2D eigenvalue weighted by molar-refractivity contribution is 5.98. The number of benzene rings is 3. The summed E-state index contributed by atoms with van der Waals surface area (Å²) >= 11 is 0. The zero-order valence-corrected chi connectivity index (χ0v) is 24.7. The first kappa shape index (κ1) is 29.1. The lowest BCUT2D eigenvalue weighted by atomic mass is 10.0. The molecule has 1 fully saturated rings. The first-order valence-corrected chi connectivity index (χ1v) is 14.6. The van der Waals surface area contributed by atoms with Crippen LogP contribution >= 0.6 is 0 Å². The number of nitrogens with zero attached hydrogens (tertiary/aromatic N) is 3. The normalized spacial score (nSPS) is 14.5. The molecule has 0 aliphatic carbocycles. The van der Waals surface area contributed by atoms with E-state index in [2.05, 4.69) is 39.6 Å². The van der Waals surface area contributed by atoms with Crippen LogP contribution in [0.1, 0.15) is 31.4 Å². The molecule has 0 saturated carbocycles. The van der Waals surface area contributed by atoms with E-state index in [4.69, 9.17) is 9.47 Å². The maximum absolute atomic E-state index is 12.4. The summed E-state index contributed by atoms with van der Waals surface area (Å²) in [6.07, 6.45) is 3.45. The van der Waals surface area contributed by atoms with Gasteiger partial charge in [-0.15, -0.1) is 0 Å². The Kier molecular flexibility index (Phi) is 9.38. The minimum Gasteiger partial charge on any atom is -0.494 e. The minimum atomic E-state index is -0.244. The van der Waals surface area contributed by atoms with Crippen LogP contribution in [0.25, 0.3) is 10.8 Å². The second-order valence-corrected chi connectivity index (χ2v) is 10.5. The number of amides is 2. The smallest absolute Gasteiger partial charge is 0.319 e. The summed E-state index contributed by atoms with van der Waals surface area (Å²) in [5.41, 5.74) is 2.87. The van der Waals surface area contributed by atoms with E-state index in [1.807, 2.05) is 65.2 Å². The zero-order valence-electron chi connectivity index (χ0n) is 24.7. The molecule has 1 aliphatic heterocycles. The van der Waals surface area contributed by atoms with Gasteiger partial charge in [0, 0.05) is 61.1 Å². The predicted molar refractivity (Wildman–Crippen MR) is 168 cm³/mol. The quantitative estimate of drug-likeness (QED) is 0.200. The van der Waals surface area contributed by atoms with Gasteiger partial charge in [0.15, 0.2) is 17.4 Å². The van der Waals surface area contributed by atoms with E-state index in [1.165, 1.54) is 0 Å². The fourth-order valence-electron chi connectivity index (χ4n) is 5.76. The van der Waals surface area contributed by atoms with Crippen LogP contribution in [0.15, 0.2) is 72.9 Å². The van der Waals surface area contributed by atoms with Gasteiger partial charge in [0.25, 0.3) is 0 Å². The Hall–Kier alpha value is -4.37. The highest BCUT2D eigenvalue weighted by Gasteiger charge is 2.24. The molecule has 1 atom stereocenters. The topological polar surface area (TPSA) is 91.2 Å². The Morgan fingerprint density at radius 1 is 0.929 bits per heavy atom. The molecule has 0 radical (unpaired) electrons. The number of anilines is 2. The molecule has 5 rings (SSSR count). The van der Waals surface area contributed by atoms with E-state index < -0.39 is 0 Å². The molecule has 4 aromatic rings. The van der Waals surface area contributed by atoms with Gasteiger partial charge in [0.2, 0.25) is 0 Å². The molecule has 3 aromatic carbocycles. The van der Waals surface area contributed by atoms with Crippen molar-refractivity contribution in [1.82, 2.24) is 14.8 Å². The molecule has 0 unspecified atom stereocenters. The van der Waals surface area contributed by atoms with E-state index in [9.17, 15) is 9.90 Å². The molecule has 222 valence electrons. The summed E-state index contributed by atoms with van der Waals surface area (Å²) in [7, 11) is 3.24. The van der Waals surface area contributed by atoms with Crippen LogP contribution in [0.2, 0.25) is 0 Å². The molecule has 0 spiro atoms. The lowest BCUT2D eigenvalue weighted by Gasteiger charge is -2.35. The van der Waals surface area contributed by atoms with Crippen LogP contribution in [0.5, 0.6) is 17.4 Å². The number of aromatic hydroxyl groups is 1. The van der Waals surface area contributed by atoms with E-state index >= 15 is 0 Å². The summed E-state index contributed by atoms with van der Waals surface area (Å²) in [4.78, 5) is 17.3. The number of methoxy groups -OCH3 is 2. The van der Waals surface area contributed by atoms with Crippen LogP contribution < -0.4 is 25.0 Å². The number of urea groups is 1. The molecule has 1 saturated heterocycles. The average molecular weight is 572 g/mol. The van der Waals surface area contributed by atoms with Gasteiger partial charge in [-0.1, -0.05) is 37.3 Å². The average Bonchev–Trinajstić information content (AvgIpc) is 3.37. The molecule has 0 bridgehead atoms. The van der Waals surface area contributed by atoms with Gasteiger partial charge in [-0.2, -0.15) is 0 Å². The highest BCUT2D eigenvalue weighted by Crippen LogP contribution is 2.40. The number of ether oxygens (including phenoxy) is 2. The monoisotopic (exact) mass is 571 g/mol. The molecule has 1 aromatic heterocycles. The third-order valence-electron chi connectivity index (χ3n) is 8.10. The van der Waals surface area contributed by atoms with E-state index in [0.717, 1.165) is 60.4 Å². The van der Waals surface area contributed by atoms with E-state index in [-0.39, 0.29) is 18.0 Å². The highest BCUT2D eigenvalue weighted by atomic mass is 16.5. The lowest BCUT2D eigenvalue weighted by Crippen LogP contribution is -2.46. The van der Waals surface area contributed by atoms with Gasteiger partial charge < -0.3 is 39.6 Å². The molecule has 1 aliphatic rings. The fourth-order valence-corrected chi connectivity index (χ4v) is 5.76. The summed E-state index contributed by atoms with van der Waals surface area (Å²) in [6.45, 7) is 7.71. The Balaban J connectivity index is 1.40. The third kappa shape index (κ3) is 6.41. The van der Waals surface area contributed by atoms with Crippen molar-refractivity contribution in [2.24, 2.45) is 0 Å². The van der Waals surface area contributed by atoms with Crippen LogP contribution in [-0.2, 0) is 0 Å². The van der Waals surface area contributed by atoms with Gasteiger partial charge in [-0.3, -0.25) is 0 Å². The number of aromatic nitrogens is 1. The van der Waals surface area contributed by atoms with Gasteiger partial charge in [0.1, 0.15) is 0 Å². The summed E-state index contributed by atoms with van der Waals surface area (Å²) in [6, 6.07) is 21.0. The summed E-state index contributed by atoms with van der Waals surface area (Å²) < 4.78 is 13.0. The number of carbonyl (C=O) groups excluding carboxylic acids is 1. The van der Waals surface area contributed by atoms with Crippen molar-refractivity contribution in [3.63, 3.8) is 0 Å². The number of rotatable bonds is 11. The van der Waals surface area contributed by atoms with Crippen LogP contribution in [-0.4, -0.2) is 74.1 Å². The van der Waals surface area contributed by atoms with Crippen molar-refractivity contribution >= 4 is 28.2 Å². The fraction of sp³-hybridized carbons (Fsp3) is 0.364. The molecule has 3 N–H and O–H groups in total. The van der Waals surface area contributed by atoms with Crippen molar-refractivity contribution in [1.29, 1.82) is 0 Å². The number of nitrogens with one attached hydrogen (secondary N) is 2. The lowest BCUT2D eigenvalue weighted by molar-refractivity contribution is 0.251. The molecule has 2 amide bonds. The standard InChI is InChI=1S/C33H41N5O4/c1-4-36-18-20-37(21-19-36)29-13-8-12-26-27(29)23-38(32(26)39)28(24-15-16-30(41-2)31(22-24)42-3)14-9-17-34-33(40)35-25-10-6-5-7-11-25/h5-8,10-13,15-16,22-23,28,39H,4,9,14,17-21H2,1-3H3,(H2,34,35,40)/t28-/m1/s1.